The van der Waals surface area contributed by atoms with Crippen molar-refractivity contribution in [1.29, 1.82) is 0 Å². The van der Waals surface area contributed by atoms with E-state index in [0.717, 1.165) is 4.90 Å². The third kappa shape index (κ3) is 4.53. The smallest absolute Gasteiger partial charge is 0.325 e. The molecule has 13 heteroatoms. The van der Waals surface area contributed by atoms with Gasteiger partial charge in [-0.25, -0.2) is 9.68 Å². The Labute approximate surface area is 212 Å². The summed E-state index contributed by atoms with van der Waals surface area (Å²) in [4.78, 5) is 72.0. The van der Waals surface area contributed by atoms with E-state index in [-0.39, 0.29) is 37.0 Å². The summed E-state index contributed by atoms with van der Waals surface area (Å²) in [5.41, 5.74) is 0.448. The summed E-state index contributed by atoms with van der Waals surface area (Å²) in [7, 11) is 0. The molecule has 6 amide bonds. The number of rotatable bonds is 7. The Hall–Kier alpha value is -3.16. The van der Waals surface area contributed by atoms with Crippen LogP contribution in [0.4, 0.5) is 4.79 Å². The highest BCUT2D eigenvalue weighted by molar-refractivity contribution is 8.01. The Bertz CT molecular complexity index is 1070. The first kappa shape index (κ1) is 25.9. The lowest BCUT2D eigenvalue weighted by Crippen LogP contribution is -2.70. The number of amides is 6. The van der Waals surface area contributed by atoms with Gasteiger partial charge < -0.3 is 20.4 Å². The monoisotopic (exact) mass is 519 g/mol. The molecule has 3 aliphatic rings. The van der Waals surface area contributed by atoms with Crippen LogP contribution in [-0.4, -0.2) is 98.1 Å². The molecule has 0 spiro atoms. The fourth-order valence-electron chi connectivity index (χ4n) is 4.71. The first-order chi connectivity index (χ1) is 17.1. The van der Waals surface area contributed by atoms with Crippen LogP contribution < -0.4 is 10.6 Å². The van der Waals surface area contributed by atoms with Gasteiger partial charge in [0, 0.05) is 24.4 Å². The van der Waals surface area contributed by atoms with Gasteiger partial charge in [-0.05, 0) is 26.3 Å². The average molecular weight is 520 g/mol. The molecule has 0 aromatic heterocycles. The van der Waals surface area contributed by atoms with E-state index in [9.17, 15) is 24.0 Å². The number of carbonyl (C=O) groups excluding carboxylic acids is 5. The molecule has 1 aromatic carbocycles. The summed E-state index contributed by atoms with van der Waals surface area (Å²) in [5, 5.41) is 13.9. The number of fused-ring (bicyclic) bond motifs is 1. The molecule has 0 bridgehead atoms. The number of urea groups is 1. The molecule has 3 heterocycles. The zero-order chi connectivity index (χ0) is 26.2. The Morgan fingerprint density at radius 3 is 2.50 bits per heavy atom. The first-order valence-electron chi connectivity index (χ1n) is 11.6. The SMILES string of the molecule is CCN1CCN(C(=O)NC(C(=O)NC2C(=O)N3[C@@H]2SC(C)(C)[C@@H]3COO)c2ccccc2)C(=O)C1=O. The second kappa shape index (κ2) is 10.1. The highest BCUT2D eigenvalue weighted by Crippen LogP contribution is 2.50. The second-order valence-electron chi connectivity index (χ2n) is 9.29. The van der Waals surface area contributed by atoms with Crippen molar-refractivity contribution in [1.82, 2.24) is 25.3 Å². The number of piperazine rings is 1. The predicted molar refractivity (Wildman–Crippen MR) is 128 cm³/mol. The minimum Gasteiger partial charge on any atom is -0.340 e. The van der Waals surface area contributed by atoms with E-state index in [0.29, 0.717) is 12.1 Å². The molecule has 12 nitrogen and oxygen atoms in total. The lowest BCUT2D eigenvalue weighted by atomic mass is 9.96. The van der Waals surface area contributed by atoms with Gasteiger partial charge in [0.25, 0.3) is 0 Å². The topological polar surface area (TPSA) is 149 Å². The summed E-state index contributed by atoms with van der Waals surface area (Å²) < 4.78 is -0.414. The van der Waals surface area contributed by atoms with Gasteiger partial charge in [0.1, 0.15) is 24.1 Å². The maximum Gasteiger partial charge on any atom is 0.325 e. The molecule has 194 valence electrons. The highest BCUT2D eigenvalue weighted by Gasteiger charge is 2.62. The number of β-lactam (4-membered cyclic amide) rings is 1. The van der Waals surface area contributed by atoms with Crippen molar-refractivity contribution in [2.24, 2.45) is 0 Å². The van der Waals surface area contributed by atoms with Gasteiger partial charge in [-0.15, -0.1) is 11.8 Å². The Morgan fingerprint density at radius 1 is 1.17 bits per heavy atom. The van der Waals surface area contributed by atoms with Gasteiger partial charge in [0.15, 0.2) is 0 Å². The van der Waals surface area contributed by atoms with Gasteiger partial charge in [0.2, 0.25) is 11.8 Å². The molecule has 0 saturated carbocycles. The van der Waals surface area contributed by atoms with Crippen LogP contribution >= 0.6 is 11.8 Å². The maximum atomic E-state index is 13.4. The molecule has 0 radical (unpaired) electrons. The van der Waals surface area contributed by atoms with Crippen LogP contribution in [0.2, 0.25) is 0 Å². The molecular weight excluding hydrogens is 490 g/mol. The fourth-order valence-corrected chi connectivity index (χ4v) is 6.35. The van der Waals surface area contributed by atoms with Crippen LogP contribution in [0.15, 0.2) is 30.3 Å². The van der Waals surface area contributed by atoms with Crippen molar-refractivity contribution in [2.45, 2.75) is 49.0 Å². The van der Waals surface area contributed by atoms with Gasteiger partial charge in [0.05, 0.1) is 6.04 Å². The Kier molecular flexibility index (Phi) is 7.25. The van der Waals surface area contributed by atoms with Crippen molar-refractivity contribution in [3.63, 3.8) is 0 Å². The number of nitrogens with one attached hydrogen (secondary N) is 2. The van der Waals surface area contributed by atoms with Crippen LogP contribution in [0.3, 0.4) is 0 Å². The number of benzene rings is 1. The Morgan fingerprint density at radius 2 is 1.86 bits per heavy atom. The lowest BCUT2D eigenvalue weighted by Gasteiger charge is -2.45. The van der Waals surface area contributed by atoms with E-state index >= 15 is 0 Å². The number of thioether (sulfide) groups is 1. The number of likely N-dealkylation sites (N-methyl/N-ethyl adjacent to an activating group) is 1. The molecule has 3 saturated heterocycles. The van der Waals surface area contributed by atoms with Crippen LogP contribution in [0.1, 0.15) is 32.4 Å². The van der Waals surface area contributed by atoms with Gasteiger partial charge in [-0.2, -0.15) is 0 Å². The maximum absolute atomic E-state index is 13.4. The van der Waals surface area contributed by atoms with Gasteiger partial charge in [-0.1, -0.05) is 30.3 Å². The predicted octanol–water partition coefficient (Wildman–Crippen LogP) is 0.165. The van der Waals surface area contributed by atoms with Crippen molar-refractivity contribution in [2.75, 3.05) is 26.2 Å². The van der Waals surface area contributed by atoms with Crippen molar-refractivity contribution < 1.29 is 34.1 Å². The van der Waals surface area contributed by atoms with E-state index < -0.39 is 40.6 Å². The zero-order valence-electron chi connectivity index (χ0n) is 20.2. The number of nitrogens with zero attached hydrogens (tertiary/aromatic N) is 3. The summed E-state index contributed by atoms with van der Waals surface area (Å²) in [6, 6.07) is 5.16. The van der Waals surface area contributed by atoms with Crippen molar-refractivity contribution in [3.05, 3.63) is 35.9 Å². The molecule has 36 heavy (non-hydrogen) atoms. The van der Waals surface area contributed by atoms with Crippen LogP contribution in [0.25, 0.3) is 0 Å². The molecule has 1 aromatic rings. The standard InChI is InChI=1S/C23H29N5O7S/c1-4-26-10-11-27(20(32)19(26)31)22(33)25-15(13-8-6-5-7-9-13)17(29)24-16-18(30)28-14(12-35-34)23(2,3)36-21(16)28/h5-9,14-16,21,34H,4,10-12H2,1-3H3,(H,24,29)(H,25,33)/t14-,15?,16?,21+/m0/s1. The minimum absolute atomic E-state index is 0.00552. The fraction of sp³-hybridized carbons (Fsp3) is 0.522. The van der Waals surface area contributed by atoms with Gasteiger partial charge >= 0.3 is 17.8 Å². The second-order valence-corrected chi connectivity index (χ2v) is 11.1. The molecule has 3 aliphatic heterocycles. The third-order valence-electron chi connectivity index (χ3n) is 6.77. The van der Waals surface area contributed by atoms with E-state index in [2.05, 4.69) is 15.5 Å². The average Bonchev–Trinajstić information content (AvgIpc) is 3.10. The van der Waals surface area contributed by atoms with Crippen LogP contribution in [0.5, 0.6) is 0 Å². The number of hydrogen-bond acceptors (Lipinski definition) is 8. The molecule has 0 aliphatic carbocycles. The van der Waals surface area contributed by atoms with E-state index in [1.807, 2.05) is 13.8 Å². The van der Waals surface area contributed by atoms with E-state index in [4.69, 9.17) is 5.26 Å². The normalized spacial score (nSPS) is 25.8. The molecule has 4 atom stereocenters. The zero-order valence-corrected chi connectivity index (χ0v) is 21.0. The summed E-state index contributed by atoms with van der Waals surface area (Å²) >= 11 is 1.48. The largest absolute Gasteiger partial charge is 0.340 e. The van der Waals surface area contributed by atoms with Crippen molar-refractivity contribution >= 4 is 41.4 Å². The minimum atomic E-state index is -1.20. The molecule has 2 unspecified atom stereocenters. The Balaban J connectivity index is 1.49. The van der Waals surface area contributed by atoms with Crippen molar-refractivity contribution in [3.8, 4) is 0 Å². The quantitative estimate of drug-likeness (QED) is 0.200. The number of carbonyl (C=O) groups is 5. The van der Waals surface area contributed by atoms with E-state index in [1.54, 1.807) is 42.2 Å². The highest BCUT2D eigenvalue weighted by atomic mass is 32.2. The first-order valence-corrected chi connectivity index (χ1v) is 12.5. The molecule has 4 rings (SSSR count). The summed E-state index contributed by atoms with van der Waals surface area (Å²) in [6.07, 6.45) is 0. The number of hydrogen-bond donors (Lipinski definition) is 3. The summed E-state index contributed by atoms with van der Waals surface area (Å²) in [5.74, 6) is -2.68. The summed E-state index contributed by atoms with van der Waals surface area (Å²) in [6.45, 7) is 6.10. The lowest BCUT2D eigenvalue weighted by molar-refractivity contribution is -0.254. The molecule has 3 N–H and O–H groups in total. The van der Waals surface area contributed by atoms with Crippen LogP contribution in [-0.2, 0) is 24.1 Å². The number of imide groups is 1. The third-order valence-corrected chi connectivity index (χ3v) is 8.39. The van der Waals surface area contributed by atoms with Crippen LogP contribution in [0, 0.1) is 0 Å². The van der Waals surface area contributed by atoms with E-state index in [1.165, 1.54) is 16.7 Å². The molecule has 3 fully saturated rings. The molecular formula is C23H29N5O7S. The van der Waals surface area contributed by atoms with Gasteiger partial charge in [-0.3, -0.25) is 29.3 Å².